The van der Waals surface area contributed by atoms with Crippen LogP contribution in [0.4, 0.5) is 13.2 Å². The summed E-state index contributed by atoms with van der Waals surface area (Å²) in [5, 5.41) is 19.9. The van der Waals surface area contributed by atoms with Crippen LogP contribution in [0.25, 0.3) is 21.9 Å². The number of aromatic nitrogens is 1. The average molecular weight is 587 g/mol. The van der Waals surface area contributed by atoms with E-state index in [4.69, 9.17) is 0 Å². The fraction of sp³-hybridized carbons (Fsp3) is 0.179. The molecule has 41 heavy (non-hydrogen) atoms. The number of alkyl halides is 3. The van der Waals surface area contributed by atoms with E-state index in [0.29, 0.717) is 20.5 Å². The van der Waals surface area contributed by atoms with Crippen LogP contribution in [-0.4, -0.2) is 52.5 Å². The van der Waals surface area contributed by atoms with Crippen LogP contribution in [0, 0.1) is 0 Å². The minimum atomic E-state index is -4.88. The highest BCUT2D eigenvalue weighted by Crippen LogP contribution is 2.40. The third kappa shape index (κ3) is 5.09. The van der Waals surface area contributed by atoms with Crippen LogP contribution in [0.3, 0.4) is 0 Å². The number of nitrogens with zero attached hydrogens (tertiary/aromatic N) is 2. The van der Waals surface area contributed by atoms with Crippen molar-refractivity contribution in [2.24, 2.45) is 0 Å². The van der Waals surface area contributed by atoms with E-state index in [2.05, 4.69) is 0 Å². The highest BCUT2D eigenvalue weighted by atomic mass is 32.2. The van der Waals surface area contributed by atoms with Gasteiger partial charge in [0.25, 0.3) is 15.6 Å². The van der Waals surface area contributed by atoms with Crippen molar-refractivity contribution in [1.29, 1.82) is 0 Å². The molecule has 0 fully saturated rings. The molecule has 13 heteroatoms. The van der Waals surface area contributed by atoms with Crippen molar-refractivity contribution in [3.05, 3.63) is 99.8 Å². The van der Waals surface area contributed by atoms with Crippen molar-refractivity contribution in [2.75, 3.05) is 13.1 Å². The number of carboxylic acids is 2. The number of aliphatic carboxylic acids is 2. The lowest BCUT2D eigenvalue weighted by atomic mass is 9.93. The number of rotatable bonds is 6. The van der Waals surface area contributed by atoms with Gasteiger partial charge in [0, 0.05) is 18.2 Å². The average Bonchev–Trinajstić information content (AvgIpc) is 2.90. The fourth-order valence-corrected chi connectivity index (χ4v) is 6.97. The van der Waals surface area contributed by atoms with Crippen LogP contribution >= 0.6 is 0 Å². The van der Waals surface area contributed by atoms with Gasteiger partial charge in [0.05, 0.1) is 5.56 Å². The van der Waals surface area contributed by atoms with Crippen LogP contribution in [0.2, 0.25) is 0 Å². The van der Waals surface area contributed by atoms with E-state index in [0.717, 1.165) is 29.0 Å². The topological polar surface area (TPSA) is 134 Å². The number of hydrogen-bond donors (Lipinski definition) is 2. The third-order valence-electron chi connectivity index (χ3n) is 6.90. The van der Waals surface area contributed by atoms with Gasteiger partial charge in [-0.2, -0.15) is 17.5 Å². The second kappa shape index (κ2) is 10.2. The Morgan fingerprint density at radius 2 is 1.61 bits per heavy atom. The van der Waals surface area contributed by atoms with E-state index in [-0.39, 0.29) is 23.1 Å². The number of fused-ring (bicyclic) bond motifs is 2. The van der Waals surface area contributed by atoms with Crippen molar-refractivity contribution < 1.29 is 41.4 Å². The highest BCUT2D eigenvalue weighted by molar-refractivity contribution is 7.89. The van der Waals surface area contributed by atoms with Gasteiger partial charge in [-0.05, 0) is 46.0 Å². The standard InChI is InChI=1S/C28H21F3N2O7S/c29-28(30,31)20-9-4-8-18(12-20)25-19(11-17-7-3-6-16-5-1-2-10-21(16)17)13-23(34)33-22(27(37)38)14-32(15-24(35)36)41(39,40)26(25)33/h1-10,12-13,22H,11,14-15H2,(H,35,36)(H,37,38). The van der Waals surface area contributed by atoms with Crippen molar-refractivity contribution in [2.45, 2.75) is 23.7 Å². The largest absolute Gasteiger partial charge is 0.480 e. The number of benzene rings is 3. The monoisotopic (exact) mass is 586 g/mol. The summed E-state index contributed by atoms with van der Waals surface area (Å²) < 4.78 is 69.7. The number of sulfonamides is 1. The molecule has 9 nitrogen and oxygen atoms in total. The molecule has 0 radical (unpaired) electrons. The van der Waals surface area contributed by atoms with Gasteiger partial charge in [0.1, 0.15) is 12.6 Å². The lowest BCUT2D eigenvalue weighted by Crippen LogP contribution is -2.51. The first-order chi connectivity index (χ1) is 19.3. The Labute approximate surface area is 230 Å². The Balaban J connectivity index is 1.88. The Bertz CT molecular complexity index is 1880. The van der Waals surface area contributed by atoms with Gasteiger partial charge < -0.3 is 10.2 Å². The second-order valence-electron chi connectivity index (χ2n) is 9.50. The quantitative estimate of drug-likeness (QED) is 0.349. The fourth-order valence-electron chi connectivity index (χ4n) is 5.13. The molecule has 0 spiro atoms. The normalized spacial score (nSPS) is 16.8. The van der Waals surface area contributed by atoms with Crippen molar-refractivity contribution in [3.8, 4) is 11.1 Å². The molecule has 5 rings (SSSR count). The predicted molar refractivity (Wildman–Crippen MR) is 141 cm³/mol. The summed E-state index contributed by atoms with van der Waals surface area (Å²) >= 11 is 0. The Morgan fingerprint density at radius 1 is 0.927 bits per heavy atom. The molecule has 2 heterocycles. The molecule has 1 atom stereocenters. The first kappa shape index (κ1) is 28.1. The minimum Gasteiger partial charge on any atom is -0.480 e. The predicted octanol–water partition coefficient (Wildman–Crippen LogP) is 3.99. The molecule has 4 aromatic rings. The van der Waals surface area contributed by atoms with E-state index < -0.39 is 63.4 Å². The van der Waals surface area contributed by atoms with Gasteiger partial charge in [-0.15, -0.1) is 0 Å². The van der Waals surface area contributed by atoms with Gasteiger partial charge in [-0.25, -0.2) is 13.2 Å². The maximum absolute atomic E-state index is 13.8. The maximum atomic E-state index is 13.8. The van der Waals surface area contributed by atoms with Crippen LogP contribution < -0.4 is 5.56 Å². The molecule has 0 saturated carbocycles. The molecular weight excluding hydrogens is 565 g/mol. The molecular formula is C28H21F3N2O7S. The molecule has 212 valence electrons. The van der Waals surface area contributed by atoms with Gasteiger partial charge in [0.15, 0.2) is 5.03 Å². The Morgan fingerprint density at radius 3 is 2.29 bits per heavy atom. The zero-order valence-electron chi connectivity index (χ0n) is 21.0. The molecule has 1 aliphatic heterocycles. The minimum absolute atomic E-state index is 0.0295. The number of carboxylic acid groups (broad SMARTS) is 2. The molecule has 2 N–H and O–H groups in total. The summed E-state index contributed by atoms with van der Waals surface area (Å²) in [6.07, 6.45) is -4.89. The zero-order valence-corrected chi connectivity index (χ0v) is 21.8. The van der Waals surface area contributed by atoms with Crippen LogP contribution in [0.5, 0.6) is 0 Å². The number of carbonyl (C=O) groups is 2. The molecule has 0 saturated heterocycles. The maximum Gasteiger partial charge on any atom is 0.416 e. The third-order valence-corrected chi connectivity index (χ3v) is 8.75. The van der Waals surface area contributed by atoms with E-state index in [1.165, 1.54) is 6.07 Å². The lowest BCUT2D eigenvalue weighted by Gasteiger charge is -2.34. The van der Waals surface area contributed by atoms with Gasteiger partial charge in [0.2, 0.25) is 0 Å². The smallest absolute Gasteiger partial charge is 0.416 e. The van der Waals surface area contributed by atoms with Crippen molar-refractivity contribution in [3.63, 3.8) is 0 Å². The second-order valence-corrected chi connectivity index (χ2v) is 11.4. The van der Waals surface area contributed by atoms with Crippen LogP contribution in [0.1, 0.15) is 22.7 Å². The summed E-state index contributed by atoms with van der Waals surface area (Å²) in [6, 6.07) is 15.5. The van der Waals surface area contributed by atoms with E-state index in [9.17, 15) is 46.2 Å². The first-order valence-corrected chi connectivity index (χ1v) is 13.6. The molecule has 1 aromatic heterocycles. The molecule has 0 aliphatic carbocycles. The molecule has 0 amide bonds. The SMILES string of the molecule is O=C(O)CN1CC(C(=O)O)n2c(c(-c3cccc(C(F)(F)F)c3)c(Cc3cccc4ccccc34)cc2=O)S1(=O)=O. The van der Waals surface area contributed by atoms with E-state index >= 15 is 0 Å². The van der Waals surface area contributed by atoms with Crippen molar-refractivity contribution in [1.82, 2.24) is 8.87 Å². The summed E-state index contributed by atoms with van der Waals surface area (Å²) in [6.45, 7) is -1.97. The number of hydrogen-bond acceptors (Lipinski definition) is 5. The number of halogens is 3. The van der Waals surface area contributed by atoms with Crippen LogP contribution in [-0.2, 0) is 32.2 Å². The van der Waals surface area contributed by atoms with E-state index in [1.54, 1.807) is 30.3 Å². The molecule has 1 unspecified atom stereocenters. The van der Waals surface area contributed by atoms with Gasteiger partial charge in [-0.3, -0.25) is 14.2 Å². The summed E-state index contributed by atoms with van der Waals surface area (Å²) in [5.41, 5.74) is -1.99. The van der Waals surface area contributed by atoms with Crippen LogP contribution in [0.15, 0.2) is 82.6 Å². The molecule has 1 aliphatic rings. The Kier molecular flexibility index (Phi) is 6.95. The zero-order chi connectivity index (χ0) is 29.7. The van der Waals surface area contributed by atoms with Gasteiger partial charge in [-0.1, -0.05) is 54.6 Å². The van der Waals surface area contributed by atoms with Crippen molar-refractivity contribution >= 4 is 32.7 Å². The first-order valence-electron chi connectivity index (χ1n) is 12.2. The highest BCUT2D eigenvalue weighted by Gasteiger charge is 2.44. The summed E-state index contributed by atoms with van der Waals surface area (Å²) in [7, 11) is -4.88. The van der Waals surface area contributed by atoms with E-state index in [1.807, 2.05) is 12.1 Å². The summed E-state index contributed by atoms with van der Waals surface area (Å²) in [4.78, 5) is 37.1. The molecule has 0 bridgehead atoms. The lowest BCUT2D eigenvalue weighted by molar-refractivity contribution is -0.143. The molecule has 3 aromatic carbocycles. The Hall–Kier alpha value is -4.49. The summed E-state index contributed by atoms with van der Waals surface area (Å²) in [5.74, 6) is -3.20. The van der Waals surface area contributed by atoms with Gasteiger partial charge >= 0.3 is 18.1 Å². The number of pyridine rings is 1.